The van der Waals surface area contributed by atoms with Crippen LogP contribution in [-0.2, 0) is 0 Å². The third-order valence-corrected chi connectivity index (χ3v) is 3.80. The number of aromatic amines is 1. The number of rotatable bonds is 4. The highest BCUT2D eigenvalue weighted by molar-refractivity contribution is 5.97. The van der Waals surface area contributed by atoms with Crippen LogP contribution in [0.3, 0.4) is 0 Å². The number of piperidine rings is 1. The van der Waals surface area contributed by atoms with Gasteiger partial charge in [-0.1, -0.05) is 6.92 Å². The Balaban J connectivity index is 1.74. The van der Waals surface area contributed by atoms with Crippen LogP contribution in [0.15, 0.2) is 0 Å². The number of nitrogens with one attached hydrogen (secondary N) is 2. The van der Waals surface area contributed by atoms with Gasteiger partial charge in [0.15, 0.2) is 5.69 Å². The number of aryl methyl sites for hydroxylation is 1. The van der Waals surface area contributed by atoms with Crippen LogP contribution in [0.1, 0.15) is 35.9 Å². The Hall–Kier alpha value is -1.56. The minimum atomic E-state index is -0.202. The number of aromatic nitrogens is 2. The molecule has 0 spiro atoms. The highest BCUT2D eigenvalue weighted by atomic mass is 16.1. The van der Waals surface area contributed by atoms with Gasteiger partial charge in [-0.05, 0) is 38.8 Å². The zero-order valence-corrected chi connectivity index (χ0v) is 11.7. The number of hydrogen-bond acceptors (Lipinski definition) is 4. The summed E-state index contributed by atoms with van der Waals surface area (Å²) in [6.45, 7) is 7.87. The summed E-state index contributed by atoms with van der Waals surface area (Å²) < 4.78 is 0. The first-order valence-corrected chi connectivity index (χ1v) is 6.89. The molecule has 1 amide bonds. The number of hydrogen-bond donors (Lipinski definition) is 3. The number of H-pyrrole nitrogens is 1. The van der Waals surface area contributed by atoms with Crippen LogP contribution in [-0.4, -0.2) is 47.2 Å². The second-order valence-electron chi connectivity index (χ2n) is 5.39. The van der Waals surface area contributed by atoms with Crippen molar-refractivity contribution in [2.45, 2.75) is 26.7 Å². The molecule has 0 radical (unpaired) electrons. The van der Waals surface area contributed by atoms with Crippen LogP contribution in [0.4, 0.5) is 5.69 Å². The van der Waals surface area contributed by atoms with Gasteiger partial charge >= 0.3 is 0 Å². The molecule has 4 N–H and O–H groups in total. The Morgan fingerprint density at radius 2 is 2.21 bits per heavy atom. The van der Waals surface area contributed by atoms with E-state index in [1.54, 1.807) is 6.92 Å². The maximum atomic E-state index is 11.9. The Morgan fingerprint density at radius 3 is 2.79 bits per heavy atom. The molecule has 1 saturated heterocycles. The van der Waals surface area contributed by atoms with Crippen LogP contribution < -0.4 is 11.1 Å². The molecule has 6 nitrogen and oxygen atoms in total. The van der Waals surface area contributed by atoms with Gasteiger partial charge < -0.3 is 16.0 Å². The van der Waals surface area contributed by atoms with Gasteiger partial charge in [-0.25, -0.2) is 0 Å². The Bertz CT molecular complexity index is 434. The molecule has 106 valence electrons. The number of nitrogen functional groups attached to an aromatic ring is 1. The maximum absolute atomic E-state index is 11.9. The van der Waals surface area contributed by atoms with E-state index in [2.05, 4.69) is 27.3 Å². The fraction of sp³-hybridized carbons (Fsp3) is 0.692. The van der Waals surface area contributed by atoms with E-state index in [0.717, 1.165) is 31.2 Å². The third-order valence-electron chi connectivity index (χ3n) is 3.80. The van der Waals surface area contributed by atoms with Crippen molar-refractivity contribution in [1.29, 1.82) is 0 Å². The van der Waals surface area contributed by atoms with Crippen molar-refractivity contribution in [3.8, 4) is 0 Å². The first-order valence-electron chi connectivity index (χ1n) is 6.89. The first-order chi connectivity index (χ1) is 9.08. The molecular weight excluding hydrogens is 242 g/mol. The summed E-state index contributed by atoms with van der Waals surface area (Å²) in [6, 6.07) is 0. The third kappa shape index (κ3) is 3.47. The number of likely N-dealkylation sites (tertiary alicyclic amines) is 1. The zero-order valence-electron chi connectivity index (χ0n) is 11.7. The van der Waals surface area contributed by atoms with Crippen LogP contribution in [0, 0.1) is 12.8 Å². The van der Waals surface area contributed by atoms with Crippen molar-refractivity contribution in [1.82, 2.24) is 20.4 Å². The number of carbonyl (C=O) groups is 1. The molecular formula is C13H23N5O. The molecule has 1 aromatic rings. The van der Waals surface area contributed by atoms with E-state index in [-0.39, 0.29) is 5.91 Å². The molecule has 0 bridgehead atoms. The Labute approximate surface area is 113 Å². The summed E-state index contributed by atoms with van der Waals surface area (Å²) in [7, 11) is 0. The predicted octanol–water partition coefficient (Wildman–Crippen LogP) is 0.762. The number of carbonyl (C=O) groups excluding carboxylic acids is 1. The summed E-state index contributed by atoms with van der Waals surface area (Å²) in [5.41, 5.74) is 7.23. The molecule has 1 fully saturated rings. The lowest BCUT2D eigenvalue weighted by atomic mass is 9.99. The molecule has 1 aromatic heterocycles. The van der Waals surface area contributed by atoms with Crippen LogP contribution in [0.5, 0.6) is 0 Å². The van der Waals surface area contributed by atoms with Crippen molar-refractivity contribution in [3.63, 3.8) is 0 Å². The summed E-state index contributed by atoms with van der Waals surface area (Å²) in [4.78, 5) is 14.3. The van der Waals surface area contributed by atoms with E-state index in [9.17, 15) is 4.79 Å². The van der Waals surface area contributed by atoms with Gasteiger partial charge in [0.05, 0.1) is 11.4 Å². The number of anilines is 1. The Kier molecular flexibility index (Phi) is 4.42. The number of nitrogens with zero attached hydrogens (tertiary/aromatic N) is 2. The molecule has 0 atom stereocenters. The molecule has 0 unspecified atom stereocenters. The van der Waals surface area contributed by atoms with Crippen molar-refractivity contribution in [2.75, 3.05) is 31.9 Å². The Morgan fingerprint density at radius 1 is 1.53 bits per heavy atom. The van der Waals surface area contributed by atoms with Crippen LogP contribution in [0.2, 0.25) is 0 Å². The van der Waals surface area contributed by atoms with Gasteiger partial charge in [-0.2, -0.15) is 5.10 Å². The molecule has 2 heterocycles. The van der Waals surface area contributed by atoms with E-state index in [1.165, 1.54) is 12.8 Å². The minimum absolute atomic E-state index is 0.202. The summed E-state index contributed by atoms with van der Waals surface area (Å²) in [5, 5.41) is 9.50. The second kappa shape index (κ2) is 6.06. The lowest BCUT2D eigenvalue weighted by Crippen LogP contribution is -2.39. The molecule has 0 aromatic carbocycles. The fourth-order valence-electron chi connectivity index (χ4n) is 2.31. The molecule has 0 aliphatic carbocycles. The van der Waals surface area contributed by atoms with Crippen molar-refractivity contribution in [3.05, 3.63) is 11.4 Å². The largest absolute Gasteiger partial charge is 0.395 e. The average molecular weight is 265 g/mol. The quantitative estimate of drug-likeness (QED) is 0.750. The maximum Gasteiger partial charge on any atom is 0.273 e. The van der Waals surface area contributed by atoms with Crippen molar-refractivity contribution >= 4 is 11.6 Å². The van der Waals surface area contributed by atoms with E-state index >= 15 is 0 Å². The van der Waals surface area contributed by atoms with Gasteiger partial charge in [0, 0.05) is 13.1 Å². The lowest BCUT2D eigenvalue weighted by Gasteiger charge is -2.30. The smallest absolute Gasteiger partial charge is 0.273 e. The van der Waals surface area contributed by atoms with Gasteiger partial charge in [-0.15, -0.1) is 0 Å². The summed E-state index contributed by atoms with van der Waals surface area (Å²) in [6.07, 6.45) is 2.50. The fourth-order valence-corrected chi connectivity index (χ4v) is 2.31. The average Bonchev–Trinajstić information content (AvgIpc) is 2.72. The second-order valence-corrected chi connectivity index (χ2v) is 5.39. The van der Waals surface area contributed by atoms with E-state index in [0.29, 0.717) is 17.9 Å². The molecule has 2 rings (SSSR count). The molecule has 0 saturated carbocycles. The zero-order chi connectivity index (χ0) is 13.8. The highest BCUT2D eigenvalue weighted by Gasteiger charge is 2.17. The molecule has 19 heavy (non-hydrogen) atoms. The lowest BCUT2D eigenvalue weighted by molar-refractivity contribution is 0.0940. The topological polar surface area (TPSA) is 87.0 Å². The van der Waals surface area contributed by atoms with Gasteiger partial charge in [0.25, 0.3) is 5.91 Å². The molecule has 1 aliphatic rings. The van der Waals surface area contributed by atoms with Crippen molar-refractivity contribution in [2.24, 2.45) is 5.92 Å². The minimum Gasteiger partial charge on any atom is -0.395 e. The summed E-state index contributed by atoms with van der Waals surface area (Å²) >= 11 is 0. The van der Waals surface area contributed by atoms with Gasteiger partial charge in [0.1, 0.15) is 0 Å². The van der Waals surface area contributed by atoms with E-state index in [4.69, 9.17) is 5.73 Å². The summed E-state index contributed by atoms with van der Waals surface area (Å²) in [5.74, 6) is 0.630. The van der Waals surface area contributed by atoms with E-state index < -0.39 is 0 Å². The normalized spacial score (nSPS) is 17.6. The predicted molar refractivity (Wildman–Crippen MR) is 74.9 cm³/mol. The number of nitrogens with two attached hydrogens (primary N) is 1. The van der Waals surface area contributed by atoms with Crippen LogP contribution in [0.25, 0.3) is 0 Å². The van der Waals surface area contributed by atoms with Crippen molar-refractivity contribution < 1.29 is 4.79 Å². The number of amides is 1. The SMILES string of the molecule is Cc1[nH]nc(C(=O)NCCN2CCC(C)CC2)c1N. The standard InChI is InChI=1S/C13H23N5O/c1-9-3-6-18(7-4-9)8-5-15-13(19)12-11(14)10(2)16-17-12/h9H,3-8,14H2,1-2H3,(H,15,19)(H,16,17). The monoisotopic (exact) mass is 265 g/mol. The van der Waals surface area contributed by atoms with Gasteiger partial charge in [0.2, 0.25) is 0 Å². The molecule has 1 aliphatic heterocycles. The van der Waals surface area contributed by atoms with Gasteiger partial charge in [-0.3, -0.25) is 9.89 Å². The van der Waals surface area contributed by atoms with Crippen LogP contribution >= 0.6 is 0 Å². The van der Waals surface area contributed by atoms with E-state index in [1.807, 2.05) is 0 Å². The first kappa shape index (κ1) is 13.9. The highest BCUT2D eigenvalue weighted by Crippen LogP contribution is 2.15. The molecule has 6 heteroatoms.